The predicted octanol–water partition coefficient (Wildman–Crippen LogP) is 6.34. The predicted molar refractivity (Wildman–Crippen MR) is 181 cm³/mol. The number of amides is 1. The van der Waals surface area contributed by atoms with Gasteiger partial charge in [0.25, 0.3) is 0 Å². The number of aliphatic hydroxyl groups is 1. The van der Waals surface area contributed by atoms with Gasteiger partial charge in [-0.15, -0.1) is 0 Å². The summed E-state index contributed by atoms with van der Waals surface area (Å²) in [5, 5.41) is 13.0. The van der Waals surface area contributed by atoms with Crippen molar-refractivity contribution >= 4 is 29.2 Å². The summed E-state index contributed by atoms with van der Waals surface area (Å²) in [6, 6.07) is 11.9. The summed E-state index contributed by atoms with van der Waals surface area (Å²) in [4.78, 5) is 29.9. The molecule has 2 bridgehead atoms. The molecule has 46 heavy (non-hydrogen) atoms. The summed E-state index contributed by atoms with van der Waals surface area (Å²) >= 11 is 6.42. The highest BCUT2D eigenvalue weighted by molar-refractivity contribution is 6.30. The molecule has 0 saturated heterocycles. The van der Waals surface area contributed by atoms with Crippen LogP contribution >= 0.6 is 11.6 Å². The van der Waals surface area contributed by atoms with Crippen LogP contribution in [0.25, 0.3) is 0 Å². The number of halogens is 1. The van der Waals surface area contributed by atoms with Crippen molar-refractivity contribution in [2.75, 3.05) is 51.4 Å². The number of allylic oxidation sites excluding steroid dienone is 1. The molecule has 9 heteroatoms. The zero-order valence-corrected chi connectivity index (χ0v) is 28.5. The van der Waals surface area contributed by atoms with Gasteiger partial charge in [0.15, 0.2) is 0 Å². The molecule has 250 valence electrons. The number of benzene rings is 2. The Morgan fingerprint density at radius 1 is 1.07 bits per heavy atom. The lowest BCUT2D eigenvalue weighted by Gasteiger charge is -2.41. The molecule has 1 amide bonds. The van der Waals surface area contributed by atoms with E-state index in [2.05, 4.69) is 29.2 Å². The Morgan fingerprint density at radius 3 is 2.67 bits per heavy atom. The minimum atomic E-state index is -1.68. The quantitative estimate of drug-likeness (QED) is 0.305. The fourth-order valence-electron chi connectivity index (χ4n) is 6.93. The first-order chi connectivity index (χ1) is 21.9. The molecule has 2 aliphatic heterocycles. The van der Waals surface area contributed by atoms with E-state index < -0.39 is 17.2 Å². The van der Waals surface area contributed by atoms with Crippen LogP contribution in [0.4, 0.5) is 5.69 Å². The highest BCUT2D eigenvalue weighted by Crippen LogP contribution is 2.45. The fourth-order valence-corrected chi connectivity index (χ4v) is 7.12. The Morgan fingerprint density at radius 2 is 1.87 bits per heavy atom. The molecule has 2 atom stereocenters. The number of hydrogen-bond donors (Lipinski definition) is 1. The number of nitrogens with zero attached hydrogens (tertiary/aromatic N) is 2. The number of carbonyl (C=O) groups is 2. The Labute approximate surface area is 278 Å². The number of esters is 1. The van der Waals surface area contributed by atoms with Gasteiger partial charge in [0, 0.05) is 37.1 Å². The van der Waals surface area contributed by atoms with Crippen LogP contribution in [0.15, 0.2) is 48.6 Å². The standard InChI is InChI=1S/C37H49ClN2O6/c1-35(2,3)46-34(42)23-44-26-37(43)22-33(41)39(4)18-9-7-5-6-8-10-19-40-24-36(25-45-32-16-13-28(37)21-31(32)40)17-11-12-27-20-29(38)14-15-30(27)36/h5,7,13-16,20-21,43H,6,8-12,17-19,22-26H2,1-4H3/b7-5+/t36-,37-/m0/s1. The molecule has 0 aromatic heterocycles. The lowest BCUT2D eigenvalue weighted by Crippen LogP contribution is -2.46. The third-order valence-electron chi connectivity index (χ3n) is 9.27. The first-order valence-electron chi connectivity index (χ1n) is 16.6. The van der Waals surface area contributed by atoms with E-state index in [1.54, 1.807) is 32.7 Å². The van der Waals surface area contributed by atoms with Gasteiger partial charge in [-0.25, -0.2) is 4.79 Å². The summed E-state index contributed by atoms with van der Waals surface area (Å²) < 4.78 is 17.8. The van der Waals surface area contributed by atoms with Crippen LogP contribution < -0.4 is 9.64 Å². The number of fused-ring (bicyclic) bond motifs is 3. The minimum Gasteiger partial charge on any atom is -0.490 e. The fraction of sp³-hybridized carbons (Fsp3) is 0.568. The van der Waals surface area contributed by atoms with E-state index in [0.717, 1.165) is 74.5 Å². The van der Waals surface area contributed by atoms with Crippen LogP contribution in [0.1, 0.15) is 82.4 Å². The molecule has 0 radical (unpaired) electrons. The molecular formula is C37H49ClN2O6. The zero-order valence-electron chi connectivity index (χ0n) is 27.8. The second-order valence-corrected chi connectivity index (χ2v) is 14.6. The lowest BCUT2D eigenvalue weighted by atomic mass is 9.70. The smallest absolute Gasteiger partial charge is 0.332 e. The third kappa shape index (κ3) is 8.25. The number of ether oxygens (including phenoxy) is 3. The highest BCUT2D eigenvalue weighted by atomic mass is 35.5. The Hall–Kier alpha value is -3.07. The van der Waals surface area contributed by atoms with E-state index >= 15 is 0 Å². The first-order valence-corrected chi connectivity index (χ1v) is 17.0. The van der Waals surface area contributed by atoms with E-state index in [4.69, 9.17) is 25.8 Å². The lowest BCUT2D eigenvalue weighted by molar-refractivity contribution is -0.163. The van der Waals surface area contributed by atoms with Crippen molar-refractivity contribution in [2.45, 2.75) is 88.8 Å². The van der Waals surface area contributed by atoms with E-state index in [1.165, 1.54) is 11.1 Å². The number of anilines is 1. The largest absolute Gasteiger partial charge is 0.490 e. The molecule has 2 aromatic rings. The maximum Gasteiger partial charge on any atom is 0.332 e. The van der Waals surface area contributed by atoms with Crippen molar-refractivity contribution in [2.24, 2.45) is 0 Å². The normalized spacial score (nSPS) is 25.0. The molecule has 0 saturated carbocycles. The number of carbonyl (C=O) groups excluding carboxylic acids is 2. The van der Waals surface area contributed by atoms with Crippen LogP contribution in [0.5, 0.6) is 5.75 Å². The average molecular weight is 653 g/mol. The second-order valence-electron chi connectivity index (χ2n) is 14.2. The van der Waals surface area contributed by atoms with Gasteiger partial charge in [-0.3, -0.25) is 4.79 Å². The van der Waals surface area contributed by atoms with Gasteiger partial charge in [0.05, 0.1) is 25.3 Å². The molecule has 1 spiro atoms. The van der Waals surface area contributed by atoms with Gasteiger partial charge < -0.3 is 29.1 Å². The zero-order chi connectivity index (χ0) is 33.0. The van der Waals surface area contributed by atoms with Crippen molar-refractivity contribution < 1.29 is 28.9 Å². The molecular weight excluding hydrogens is 604 g/mol. The van der Waals surface area contributed by atoms with Gasteiger partial charge in [-0.2, -0.15) is 0 Å². The van der Waals surface area contributed by atoms with Crippen LogP contribution in [0, 0.1) is 0 Å². The Balaban J connectivity index is 1.50. The van der Waals surface area contributed by atoms with E-state index in [1.807, 2.05) is 24.3 Å². The van der Waals surface area contributed by atoms with Crippen LogP contribution in [-0.2, 0) is 36.5 Å². The molecule has 8 nitrogen and oxygen atoms in total. The monoisotopic (exact) mass is 652 g/mol. The van der Waals surface area contributed by atoms with Gasteiger partial charge in [0.1, 0.15) is 23.6 Å². The molecule has 2 aromatic carbocycles. The van der Waals surface area contributed by atoms with E-state index in [-0.39, 0.29) is 31.0 Å². The van der Waals surface area contributed by atoms with Gasteiger partial charge in [-0.1, -0.05) is 35.9 Å². The third-order valence-corrected chi connectivity index (χ3v) is 9.51. The molecule has 0 fully saturated rings. The topological polar surface area (TPSA) is 88.5 Å². The summed E-state index contributed by atoms with van der Waals surface area (Å²) in [7, 11) is 1.75. The maximum atomic E-state index is 13.4. The number of hydrogen-bond acceptors (Lipinski definition) is 7. The number of aryl methyl sites for hydroxylation is 1. The van der Waals surface area contributed by atoms with Crippen molar-refractivity contribution in [3.8, 4) is 5.75 Å². The first kappa shape index (κ1) is 34.3. The number of rotatable bonds is 4. The minimum absolute atomic E-state index is 0.195. The molecule has 1 aliphatic carbocycles. The van der Waals surface area contributed by atoms with Crippen LogP contribution in [0.2, 0.25) is 5.02 Å². The van der Waals surface area contributed by atoms with Crippen molar-refractivity contribution in [3.63, 3.8) is 0 Å². The summed E-state index contributed by atoms with van der Waals surface area (Å²) in [5.74, 6) is 0.0203. The SMILES string of the molecule is CN1CC/C=C/CCCCN2C[C@@]3(CCCc4cc(Cl)ccc43)COc3ccc(cc32)[C@@](O)(COCC(=O)OC(C)(C)C)CC1=O. The Kier molecular flexibility index (Phi) is 10.7. The van der Waals surface area contributed by atoms with E-state index in [9.17, 15) is 14.7 Å². The van der Waals surface area contributed by atoms with Crippen molar-refractivity contribution in [1.29, 1.82) is 0 Å². The van der Waals surface area contributed by atoms with E-state index in [0.29, 0.717) is 18.7 Å². The molecule has 3 aliphatic rings. The molecule has 0 unspecified atom stereocenters. The van der Waals surface area contributed by atoms with Gasteiger partial charge in [0.2, 0.25) is 5.91 Å². The summed E-state index contributed by atoms with van der Waals surface area (Å²) in [6.07, 6.45) is 11.0. The van der Waals surface area contributed by atoms with Crippen molar-refractivity contribution in [3.05, 3.63) is 70.3 Å². The molecule has 2 heterocycles. The molecule has 1 N–H and O–H groups in total. The van der Waals surface area contributed by atoms with Gasteiger partial charge in [-0.05, 0) is 107 Å². The maximum absolute atomic E-state index is 13.4. The highest BCUT2D eigenvalue weighted by Gasteiger charge is 2.42. The Bertz CT molecular complexity index is 1440. The average Bonchev–Trinajstić information content (AvgIpc) is 3.14. The van der Waals surface area contributed by atoms with Crippen molar-refractivity contribution in [1.82, 2.24) is 4.90 Å². The van der Waals surface area contributed by atoms with Gasteiger partial charge >= 0.3 is 5.97 Å². The van der Waals surface area contributed by atoms with Crippen LogP contribution in [0.3, 0.4) is 0 Å². The molecule has 5 rings (SSSR count). The second kappa shape index (κ2) is 14.4. The van der Waals surface area contributed by atoms with Crippen LogP contribution in [-0.4, -0.2) is 74.0 Å². The summed E-state index contributed by atoms with van der Waals surface area (Å²) in [6.45, 7) is 7.47. The summed E-state index contributed by atoms with van der Waals surface area (Å²) in [5.41, 5.74) is 1.48.